The lowest BCUT2D eigenvalue weighted by molar-refractivity contribution is -0.111. The summed E-state index contributed by atoms with van der Waals surface area (Å²) in [5.41, 5.74) is 10.9. The van der Waals surface area contributed by atoms with Gasteiger partial charge >= 0.3 is 0 Å². The summed E-state index contributed by atoms with van der Waals surface area (Å²) in [5, 5.41) is 0.606. The number of Topliss-reactive ketones (excluding diaryl/α,β-unsaturated/α-hetero) is 1. The van der Waals surface area contributed by atoms with Gasteiger partial charge in [-0.3, -0.25) is 9.69 Å². The number of hydrogen-bond donors (Lipinski definition) is 1. The topological polar surface area (TPSA) is 82.6 Å². The van der Waals surface area contributed by atoms with Crippen LogP contribution in [0.3, 0.4) is 0 Å². The maximum atomic E-state index is 12.2. The Kier molecular flexibility index (Phi) is 8.34. The van der Waals surface area contributed by atoms with Crippen molar-refractivity contribution in [1.29, 1.82) is 0 Å². The number of nitrogens with zero attached hydrogens (tertiary/aromatic N) is 3. The molecule has 1 atom stereocenters. The molecule has 1 fully saturated rings. The van der Waals surface area contributed by atoms with Crippen LogP contribution in [0.4, 0.5) is 0 Å². The van der Waals surface area contributed by atoms with E-state index < -0.39 is 0 Å². The maximum Gasteiger partial charge on any atom is 0.162 e. The molecule has 0 spiro atoms. The highest BCUT2D eigenvalue weighted by Crippen LogP contribution is 2.28. The van der Waals surface area contributed by atoms with Crippen molar-refractivity contribution in [3.63, 3.8) is 0 Å². The van der Waals surface area contributed by atoms with Crippen molar-refractivity contribution in [2.75, 3.05) is 33.4 Å². The molecule has 1 aliphatic heterocycles. The Labute approximate surface area is 217 Å². The van der Waals surface area contributed by atoms with Gasteiger partial charge in [-0.25, -0.2) is 4.98 Å². The SMILES string of the molecule is COc1ccc(CCc2nc3cc(/C(C(C)=O)=C(\C)N)ccc3n2C[C@H](C)N2CCOCC2)cc1Cl. The van der Waals surface area contributed by atoms with E-state index in [-0.39, 0.29) is 5.78 Å². The van der Waals surface area contributed by atoms with Gasteiger partial charge in [0.2, 0.25) is 0 Å². The summed E-state index contributed by atoms with van der Waals surface area (Å²) in [6.45, 7) is 9.77. The first-order valence-corrected chi connectivity index (χ1v) is 12.8. The van der Waals surface area contributed by atoms with E-state index in [1.807, 2.05) is 30.3 Å². The molecular formula is C28H35ClN4O3. The van der Waals surface area contributed by atoms with E-state index in [4.69, 9.17) is 31.8 Å². The first-order chi connectivity index (χ1) is 17.3. The molecule has 2 aromatic carbocycles. The molecule has 1 aliphatic rings. The van der Waals surface area contributed by atoms with Crippen LogP contribution in [0.2, 0.25) is 5.02 Å². The van der Waals surface area contributed by atoms with Gasteiger partial charge in [-0.05, 0) is 62.6 Å². The summed E-state index contributed by atoms with van der Waals surface area (Å²) in [7, 11) is 1.62. The number of carbonyl (C=O) groups excluding carboxylic acids is 1. The molecule has 1 aromatic heterocycles. The minimum Gasteiger partial charge on any atom is -0.495 e. The molecule has 0 aliphatic carbocycles. The van der Waals surface area contributed by atoms with Crippen molar-refractivity contribution < 1.29 is 14.3 Å². The molecule has 2 heterocycles. The minimum absolute atomic E-state index is 0.0497. The fourth-order valence-corrected chi connectivity index (χ4v) is 5.24. The van der Waals surface area contributed by atoms with Gasteiger partial charge in [0.05, 0.1) is 36.4 Å². The molecule has 0 unspecified atom stereocenters. The zero-order valence-corrected chi connectivity index (χ0v) is 22.3. The van der Waals surface area contributed by atoms with Crippen LogP contribution in [0.15, 0.2) is 42.1 Å². The lowest BCUT2D eigenvalue weighted by Gasteiger charge is -2.32. The van der Waals surface area contributed by atoms with Gasteiger partial charge in [-0.2, -0.15) is 0 Å². The zero-order valence-electron chi connectivity index (χ0n) is 21.5. The largest absolute Gasteiger partial charge is 0.495 e. The Morgan fingerprint density at radius 3 is 2.56 bits per heavy atom. The monoisotopic (exact) mass is 510 g/mol. The second-order valence-corrected chi connectivity index (χ2v) is 9.83. The van der Waals surface area contributed by atoms with Crippen molar-refractivity contribution >= 4 is 34.0 Å². The number of allylic oxidation sites excluding steroid dienone is 2. The third kappa shape index (κ3) is 5.75. The van der Waals surface area contributed by atoms with Crippen LogP contribution in [0.5, 0.6) is 5.75 Å². The molecule has 0 amide bonds. The quantitative estimate of drug-likeness (QED) is 0.427. The number of ketones is 1. The third-order valence-electron chi connectivity index (χ3n) is 6.83. The first kappa shape index (κ1) is 26.2. The molecule has 192 valence electrons. The van der Waals surface area contributed by atoms with Gasteiger partial charge < -0.3 is 19.8 Å². The number of carbonyl (C=O) groups is 1. The Morgan fingerprint density at radius 2 is 1.92 bits per heavy atom. The molecule has 1 saturated heterocycles. The Hall–Kier alpha value is -2.87. The van der Waals surface area contributed by atoms with Crippen molar-refractivity contribution in [2.24, 2.45) is 5.73 Å². The highest BCUT2D eigenvalue weighted by molar-refractivity contribution is 6.32. The second-order valence-electron chi connectivity index (χ2n) is 9.42. The van der Waals surface area contributed by atoms with E-state index in [0.717, 1.165) is 73.7 Å². The van der Waals surface area contributed by atoms with Crippen LogP contribution in [0, 0.1) is 0 Å². The molecular weight excluding hydrogens is 476 g/mol. The van der Waals surface area contributed by atoms with Crippen LogP contribution in [0.1, 0.15) is 37.7 Å². The number of imidazole rings is 1. The molecule has 36 heavy (non-hydrogen) atoms. The fourth-order valence-electron chi connectivity index (χ4n) is 4.96. The number of aromatic nitrogens is 2. The van der Waals surface area contributed by atoms with Crippen LogP contribution in [0.25, 0.3) is 16.6 Å². The number of aryl methyl sites for hydroxylation is 2. The molecule has 0 saturated carbocycles. The van der Waals surface area contributed by atoms with E-state index in [9.17, 15) is 4.79 Å². The highest BCUT2D eigenvalue weighted by Gasteiger charge is 2.21. The van der Waals surface area contributed by atoms with Crippen molar-refractivity contribution in [1.82, 2.24) is 14.5 Å². The van der Waals surface area contributed by atoms with Gasteiger partial charge in [0, 0.05) is 43.4 Å². The van der Waals surface area contributed by atoms with E-state index in [2.05, 4.69) is 22.5 Å². The summed E-state index contributed by atoms with van der Waals surface area (Å²) in [6, 6.07) is 12.2. The average molecular weight is 511 g/mol. The summed E-state index contributed by atoms with van der Waals surface area (Å²) < 4.78 is 13.1. The summed E-state index contributed by atoms with van der Waals surface area (Å²) >= 11 is 6.36. The molecule has 4 rings (SSSR count). The predicted molar refractivity (Wildman–Crippen MR) is 144 cm³/mol. The number of benzene rings is 2. The first-order valence-electron chi connectivity index (χ1n) is 12.4. The highest BCUT2D eigenvalue weighted by atomic mass is 35.5. The van der Waals surface area contributed by atoms with Crippen molar-refractivity contribution in [3.05, 3.63) is 64.1 Å². The molecule has 8 heteroatoms. The second kappa shape index (κ2) is 11.5. The Bertz CT molecular complexity index is 1270. The van der Waals surface area contributed by atoms with Gasteiger partial charge in [0.1, 0.15) is 11.6 Å². The standard InChI is InChI=1S/C28H35ClN4O3/c1-18(32-11-13-36-14-12-32)17-33-25-8-7-22(28(19(2)30)20(3)34)16-24(25)31-27(33)10-6-21-5-9-26(35-4)23(29)15-21/h5,7-9,15-16,18H,6,10-14,17,30H2,1-4H3/b28-19+/t18-/m0/s1. The van der Waals surface area contributed by atoms with E-state index in [1.54, 1.807) is 21.0 Å². The lowest BCUT2D eigenvalue weighted by atomic mass is 10.0. The Balaban J connectivity index is 1.68. The number of methoxy groups -OCH3 is 1. The number of morpholine rings is 1. The van der Waals surface area contributed by atoms with Crippen molar-refractivity contribution in [3.8, 4) is 5.75 Å². The van der Waals surface area contributed by atoms with E-state index in [0.29, 0.717) is 28.1 Å². The summed E-state index contributed by atoms with van der Waals surface area (Å²) in [6.07, 6.45) is 1.56. The normalized spacial score (nSPS) is 16.1. The van der Waals surface area contributed by atoms with Crippen LogP contribution >= 0.6 is 11.6 Å². The number of ether oxygens (including phenoxy) is 2. The zero-order chi connectivity index (χ0) is 25.8. The van der Waals surface area contributed by atoms with Crippen LogP contribution in [-0.2, 0) is 28.9 Å². The van der Waals surface area contributed by atoms with Gasteiger partial charge in [-0.15, -0.1) is 0 Å². The lowest BCUT2D eigenvalue weighted by Crippen LogP contribution is -2.44. The number of halogens is 1. The van der Waals surface area contributed by atoms with Gasteiger partial charge in [-0.1, -0.05) is 23.7 Å². The van der Waals surface area contributed by atoms with E-state index in [1.165, 1.54) is 0 Å². The minimum atomic E-state index is -0.0497. The van der Waals surface area contributed by atoms with Gasteiger partial charge in [0.15, 0.2) is 5.78 Å². The van der Waals surface area contributed by atoms with Gasteiger partial charge in [0.25, 0.3) is 0 Å². The smallest absolute Gasteiger partial charge is 0.162 e. The predicted octanol–water partition coefficient (Wildman–Crippen LogP) is 4.48. The van der Waals surface area contributed by atoms with Crippen LogP contribution < -0.4 is 10.5 Å². The third-order valence-corrected chi connectivity index (χ3v) is 7.13. The summed E-state index contributed by atoms with van der Waals surface area (Å²) in [5.74, 6) is 1.63. The molecule has 2 N–H and O–H groups in total. The summed E-state index contributed by atoms with van der Waals surface area (Å²) in [4.78, 5) is 19.7. The molecule has 3 aromatic rings. The van der Waals surface area contributed by atoms with Crippen molar-refractivity contribution in [2.45, 2.75) is 46.2 Å². The number of nitrogens with two attached hydrogens (primary N) is 1. The fraction of sp³-hybridized carbons (Fsp3) is 0.429. The molecule has 7 nitrogen and oxygen atoms in total. The van der Waals surface area contributed by atoms with E-state index >= 15 is 0 Å². The molecule has 0 bridgehead atoms. The Morgan fingerprint density at radius 1 is 1.17 bits per heavy atom. The van der Waals surface area contributed by atoms with Crippen LogP contribution in [-0.4, -0.2) is 59.7 Å². The molecule has 0 radical (unpaired) electrons. The number of hydrogen-bond acceptors (Lipinski definition) is 6. The number of rotatable bonds is 9. The maximum absolute atomic E-state index is 12.2. The number of fused-ring (bicyclic) bond motifs is 1. The average Bonchev–Trinajstić information content (AvgIpc) is 3.19.